The van der Waals surface area contributed by atoms with E-state index in [9.17, 15) is 4.79 Å². The monoisotopic (exact) mass is 357 g/mol. The Hall–Kier alpha value is -2.25. The van der Waals surface area contributed by atoms with Gasteiger partial charge >= 0.3 is 0 Å². The average Bonchev–Trinajstić information content (AvgIpc) is 3.20. The molecule has 2 aromatic rings. The van der Waals surface area contributed by atoms with Crippen molar-refractivity contribution < 1.29 is 9.53 Å². The molecule has 0 saturated carbocycles. The first kappa shape index (κ1) is 18.5. The highest BCUT2D eigenvalue weighted by atomic mass is 16.5. The number of aromatic nitrogens is 3. The number of amides is 1. The van der Waals surface area contributed by atoms with Gasteiger partial charge in [-0.25, -0.2) is 9.67 Å². The van der Waals surface area contributed by atoms with Crippen LogP contribution in [0.1, 0.15) is 30.6 Å². The molecule has 0 radical (unpaired) electrons. The molecule has 1 aliphatic rings. The lowest BCUT2D eigenvalue weighted by molar-refractivity contribution is 0.0124. The van der Waals surface area contributed by atoms with Crippen LogP contribution in [-0.2, 0) is 4.74 Å². The second-order valence-electron chi connectivity index (χ2n) is 7.03. The molecule has 1 saturated heterocycles. The fraction of sp³-hybridized carbons (Fsp3) is 0.526. The SMILES string of the molecule is CC(C)CC(CNC(=O)c1ccc(-n2cncn2)cc1)N1CCOCC1. The van der Waals surface area contributed by atoms with E-state index in [-0.39, 0.29) is 5.91 Å². The van der Waals surface area contributed by atoms with Crippen molar-refractivity contribution in [2.45, 2.75) is 26.3 Å². The second-order valence-corrected chi connectivity index (χ2v) is 7.03. The van der Waals surface area contributed by atoms with Crippen molar-refractivity contribution in [1.82, 2.24) is 25.0 Å². The smallest absolute Gasteiger partial charge is 0.251 e. The predicted octanol–water partition coefficient (Wildman–Crippen LogP) is 1.74. The zero-order valence-corrected chi connectivity index (χ0v) is 15.5. The van der Waals surface area contributed by atoms with Crippen molar-refractivity contribution in [3.8, 4) is 5.69 Å². The zero-order chi connectivity index (χ0) is 18.4. The molecule has 1 amide bonds. The highest BCUT2D eigenvalue weighted by Gasteiger charge is 2.22. The van der Waals surface area contributed by atoms with Crippen LogP contribution in [0.4, 0.5) is 0 Å². The Morgan fingerprint density at radius 3 is 2.58 bits per heavy atom. The normalized spacial score (nSPS) is 16.6. The van der Waals surface area contributed by atoms with Gasteiger partial charge in [-0.1, -0.05) is 13.8 Å². The van der Waals surface area contributed by atoms with Gasteiger partial charge in [0.05, 0.1) is 18.9 Å². The van der Waals surface area contributed by atoms with Crippen LogP contribution in [0.2, 0.25) is 0 Å². The summed E-state index contributed by atoms with van der Waals surface area (Å²) in [6.07, 6.45) is 4.18. The highest BCUT2D eigenvalue weighted by Crippen LogP contribution is 2.14. The molecule has 1 aliphatic heterocycles. The van der Waals surface area contributed by atoms with E-state index in [2.05, 4.69) is 34.1 Å². The summed E-state index contributed by atoms with van der Waals surface area (Å²) in [6.45, 7) is 8.50. The molecule has 140 valence electrons. The second kappa shape index (κ2) is 8.91. The Morgan fingerprint density at radius 1 is 1.23 bits per heavy atom. The van der Waals surface area contributed by atoms with Gasteiger partial charge < -0.3 is 10.1 Å². The molecule has 1 atom stereocenters. The van der Waals surface area contributed by atoms with Crippen molar-refractivity contribution in [2.24, 2.45) is 5.92 Å². The molecule has 0 bridgehead atoms. The number of carbonyl (C=O) groups is 1. The lowest BCUT2D eigenvalue weighted by Crippen LogP contribution is -2.49. The molecule has 1 aromatic carbocycles. The molecule has 1 fully saturated rings. The van der Waals surface area contributed by atoms with Crippen molar-refractivity contribution in [1.29, 1.82) is 0 Å². The summed E-state index contributed by atoms with van der Waals surface area (Å²) in [6, 6.07) is 7.73. The lowest BCUT2D eigenvalue weighted by atomic mass is 10.0. The first-order valence-electron chi connectivity index (χ1n) is 9.18. The van der Waals surface area contributed by atoms with E-state index in [4.69, 9.17) is 4.74 Å². The summed E-state index contributed by atoms with van der Waals surface area (Å²) in [5.74, 6) is 0.541. The van der Waals surface area contributed by atoms with Crippen LogP contribution in [0.3, 0.4) is 0 Å². The number of hydrogen-bond donors (Lipinski definition) is 1. The fourth-order valence-electron chi connectivity index (χ4n) is 3.27. The third-order valence-corrected chi connectivity index (χ3v) is 4.62. The Balaban J connectivity index is 1.58. The molecule has 3 rings (SSSR count). The number of hydrogen-bond acceptors (Lipinski definition) is 5. The Labute approximate surface area is 154 Å². The first-order chi connectivity index (χ1) is 12.6. The van der Waals surface area contributed by atoms with Crippen LogP contribution in [0.25, 0.3) is 5.69 Å². The molecule has 2 heterocycles. The predicted molar refractivity (Wildman–Crippen MR) is 99.3 cm³/mol. The standard InChI is InChI=1S/C19H27N5O2/c1-15(2)11-18(23-7-9-26-10-8-23)12-21-19(25)16-3-5-17(6-4-16)24-14-20-13-22-24/h3-6,13-15,18H,7-12H2,1-2H3,(H,21,25). The van der Waals surface area contributed by atoms with Crippen LogP contribution in [0.15, 0.2) is 36.9 Å². The van der Waals surface area contributed by atoms with Gasteiger partial charge in [0.2, 0.25) is 0 Å². The third-order valence-electron chi connectivity index (χ3n) is 4.62. The Morgan fingerprint density at radius 2 is 1.96 bits per heavy atom. The van der Waals surface area contributed by atoms with Crippen LogP contribution in [0, 0.1) is 5.92 Å². The van der Waals surface area contributed by atoms with Gasteiger partial charge in [0.15, 0.2) is 0 Å². The minimum absolute atomic E-state index is 0.0443. The van der Waals surface area contributed by atoms with Crippen LogP contribution >= 0.6 is 0 Å². The van der Waals surface area contributed by atoms with Gasteiger partial charge in [-0.05, 0) is 36.6 Å². The average molecular weight is 357 g/mol. The summed E-state index contributed by atoms with van der Waals surface area (Å²) in [5, 5.41) is 7.19. The number of nitrogens with one attached hydrogen (secondary N) is 1. The summed E-state index contributed by atoms with van der Waals surface area (Å²) in [5.41, 5.74) is 1.53. The van der Waals surface area contributed by atoms with Crippen molar-refractivity contribution >= 4 is 5.91 Å². The topological polar surface area (TPSA) is 72.3 Å². The van der Waals surface area contributed by atoms with E-state index >= 15 is 0 Å². The number of carbonyl (C=O) groups excluding carboxylic acids is 1. The van der Waals surface area contributed by atoms with E-state index in [1.54, 1.807) is 11.0 Å². The number of morpholine rings is 1. The number of ether oxygens (including phenoxy) is 1. The van der Waals surface area contributed by atoms with Crippen molar-refractivity contribution in [2.75, 3.05) is 32.8 Å². The maximum absolute atomic E-state index is 12.5. The molecule has 1 unspecified atom stereocenters. The van der Waals surface area contributed by atoms with Gasteiger partial charge in [-0.2, -0.15) is 5.10 Å². The number of rotatable bonds is 7. The molecule has 1 N–H and O–H groups in total. The maximum atomic E-state index is 12.5. The third kappa shape index (κ3) is 4.89. The minimum atomic E-state index is -0.0443. The van der Waals surface area contributed by atoms with E-state index in [0.29, 0.717) is 24.1 Å². The molecular weight excluding hydrogens is 330 g/mol. The van der Waals surface area contributed by atoms with Crippen LogP contribution < -0.4 is 5.32 Å². The van der Waals surface area contributed by atoms with Gasteiger partial charge in [0.1, 0.15) is 12.7 Å². The molecule has 1 aromatic heterocycles. The number of nitrogens with zero attached hydrogens (tertiary/aromatic N) is 4. The zero-order valence-electron chi connectivity index (χ0n) is 15.5. The highest BCUT2D eigenvalue weighted by molar-refractivity contribution is 5.94. The Bertz CT molecular complexity index is 678. The van der Waals surface area contributed by atoms with Crippen molar-refractivity contribution in [3.63, 3.8) is 0 Å². The molecule has 7 heteroatoms. The van der Waals surface area contributed by atoms with Gasteiger partial charge in [0, 0.05) is 31.2 Å². The van der Waals surface area contributed by atoms with Gasteiger partial charge in [-0.3, -0.25) is 9.69 Å². The van der Waals surface area contributed by atoms with E-state index in [1.165, 1.54) is 6.33 Å². The summed E-state index contributed by atoms with van der Waals surface area (Å²) in [4.78, 5) is 18.9. The van der Waals surface area contributed by atoms with Crippen molar-refractivity contribution in [3.05, 3.63) is 42.5 Å². The first-order valence-corrected chi connectivity index (χ1v) is 9.18. The lowest BCUT2D eigenvalue weighted by Gasteiger charge is -2.35. The number of benzene rings is 1. The van der Waals surface area contributed by atoms with E-state index < -0.39 is 0 Å². The summed E-state index contributed by atoms with van der Waals surface area (Å²) in [7, 11) is 0. The van der Waals surface area contributed by atoms with Crippen LogP contribution in [-0.4, -0.2) is 64.5 Å². The van der Waals surface area contributed by atoms with E-state index in [0.717, 1.165) is 38.4 Å². The van der Waals surface area contributed by atoms with Gasteiger partial charge in [0.25, 0.3) is 5.91 Å². The maximum Gasteiger partial charge on any atom is 0.251 e. The van der Waals surface area contributed by atoms with Gasteiger partial charge in [-0.15, -0.1) is 0 Å². The molecule has 0 spiro atoms. The molecular formula is C19H27N5O2. The van der Waals surface area contributed by atoms with Crippen LogP contribution in [0.5, 0.6) is 0 Å². The molecule has 7 nitrogen and oxygen atoms in total. The quantitative estimate of drug-likeness (QED) is 0.817. The fourth-order valence-corrected chi connectivity index (χ4v) is 3.27. The largest absolute Gasteiger partial charge is 0.379 e. The van der Waals surface area contributed by atoms with E-state index in [1.807, 2.05) is 24.3 Å². The molecule has 0 aliphatic carbocycles. The Kier molecular flexibility index (Phi) is 6.35. The molecule has 26 heavy (non-hydrogen) atoms. The minimum Gasteiger partial charge on any atom is -0.379 e. The summed E-state index contributed by atoms with van der Waals surface area (Å²) >= 11 is 0. The summed E-state index contributed by atoms with van der Waals surface area (Å²) < 4.78 is 7.12.